The normalized spacial score (nSPS) is 10.7. The van der Waals surface area contributed by atoms with Crippen LogP contribution in [0, 0.1) is 6.92 Å². The number of nitrogens with one attached hydrogen (secondary N) is 2. The number of pyridine rings is 1. The monoisotopic (exact) mass is 406 g/mol. The van der Waals surface area contributed by atoms with E-state index in [1.54, 1.807) is 31.4 Å². The molecular formula is C22H19ClN4O2. The van der Waals surface area contributed by atoms with Crippen LogP contribution >= 0.6 is 11.6 Å². The number of benzene rings is 2. The summed E-state index contributed by atoms with van der Waals surface area (Å²) in [6.45, 7) is 1.99. The van der Waals surface area contributed by atoms with Crippen molar-refractivity contribution in [3.05, 3.63) is 77.4 Å². The molecule has 2 aromatic carbocycles. The van der Waals surface area contributed by atoms with Crippen LogP contribution < -0.4 is 15.4 Å². The number of hydrogen-bond acceptors (Lipinski definition) is 3. The van der Waals surface area contributed by atoms with E-state index in [1.165, 1.54) is 0 Å². The van der Waals surface area contributed by atoms with Crippen LogP contribution in [0.25, 0.3) is 16.9 Å². The minimum absolute atomic E-state index is 0.383. The van der Waals surface area contributed by atoms with E-state index >= 15 is 0 Å². The first-order valence-corrected chi connectivity index (χ1v) is 9.38. The Hall–Kier alpha value is -3.51. The summed E-state index contributed by atoms with van der Waals surface area (Å²) in [7, 11) is 1.61. The van der Waals surface area contributed by atoms with Gasteiger partial charge in [0.15, 0.2) is 0 Å². The first-order valence-electron chi connectivity index (χ1n) is 9.01. The van der Waals surface area contributed by atoms with Crippen molar-refractivity contribution in [2.24, 2.45) is 0 Å². The highest BCUT2D eigenvalue weighted by Gasteiger charge is 2.19. The van der Waals surface area contributed by atoms with Crippen LogP contribution in [0.15, 0.2) is 66.9 Å². The van der Waals surface area contributed by atoms with Gasteiger partial charge in [0, 0.05) is 22.5 Å². The van der Waals surface area contributed by atoms with Crippen LogP contribution in [-0.4, -0.2) is 22.5 Å². The number of hydrogen-bond donors (Lipinski definition) is 2. The molecule has 0 aliphatic carbocycles. The van der Waals surface area contributed by atoms with Gasteiger partial charge in [-0.05, 0) is 55.0 Å². The molecule has 7 heteroatoms. The van der Waals surface area contributed by atoms with E-state index in [9.17, 15) is 4.79 Å². The summed E-state index contributed by atoms with van der Waals surface area (Å²) in [4.78, 5) is 17.4. The summed E-state index contributed by atoms with van der Waals surface area (Å²) in [5.74, 6) is 1.23. The summed E-state index contributed by atoms with van der Waals surface area (Å²) in [5, 5.41) is 6.35. The second-order valence-corrected chi connectivity index (χ2v) is 6.97. The van der Waals surface area contributed by atoms with Gasteiger partial charge in [0.1, 0.15) is 22.9 Å². The Labute approximate surface area is 173 Å². The number of aromatic nitrogens is 2. The van der Waals surface area contributed by atoms with Crippen LogP contribution in [0.2, 0.25) is 5.02 Å². The zero-order valence-corrected chi connectivity index (χ0v) is 16.7. The Morgan fingerprint density at radius 1 is 1.03 bits per heavy atom. The first-order chi connectivity index (χ1) is 14.0. The van der Waals surface area contributed by atoms with Gasteiger partial charge in [-0.1, -0.05) is 29.8 Å². The number of aryl methyl sites for hydroxylation is 1. The Kier molecular flexibility index (Phi) is 5.10. The number of fused-ring (bicyclic) bond motifs is 1. The Bertz CT molecular complexity index is 1190. The number of nitrogens with zero attached hydrogens (tertiary/aromatic N) is 2. The smallest absolute Gasteiger partial charge is 0.324 e. The van der Waals surface area contributed by atoms with Crippen LogP contribution in [0.4, 0.5) is 16.3 Å². The van der Waals surface area contributed by atoms with E-state index in [0.717, 1.165) is 16.8 Å². The molecule has 0 saturated heterocycles. The maximum Gasteiger partial charge on any atom is 0.324 e. The summed E-state index contributed by atoms with van der Waals surface area (Å²) in [6, 6.07) is 18.0. The van der Waals surface area contributed by atoms with E-state index in [4.69, 9.17) is 21.3 Å². The lowest BCUT2D eigenvalue weighted by molar-refractivity contribution is 0.262. The van der Waals surface area contributed by atoms with Crippen molar-refractivity contribution in [3.63, 3.8) is 0 Å². The summed E-state index contributed by atoms with van der Waals surface area (Å²) < 4.78 is 7.36. The second-order valence-electron chi connectivity index (χ2n) is 6.53. The number of amides is 2. The van der Waals surface area contributed by atoms with Crippen LogP contribution in [0.5, 0.6) is 5.75 Å². The maximum absolute atomic E-state index is 12.7. The third kappa shape index (κ3) is 3.88. The van der Waals surface area contributed by atoms with Gasteiger partial charge in [-0.15, -0.1) is 0 Å². The molecule has 0 unspecified atom stereocenters. The number of methoxy groups -OCH3 is 1. The molecule has 0 aliphatic heterocycles. The van der Waals surface area contributed by atoms with E-state index in [0.29, 0.717) is 28.0 Å². The van der Waals surface area contributed by atoms with Gasteiger partial charge >= 0.3 is 6.03 Å². The van der Waals surface area contributed by atoms with Gasteiger partial charge in [0.05, 0.1) is 7.11 Å². The zero-order chi connectivity index (χ0) is 20.4. The Morgan fingerprint density at radius 3 is 2.55 bits per heavy atom. The van der Waals surface area contributed by atoms with Crippen molar-refractivity contribution in [1.82, 2.24) is 9.38 Å². The molecule has 146 valence electrons. The molecule has 0 bridgehead atoms. The molecule has 0 fully saturated rings. The first kappa shape index (κ1) is 18.8. The summed E-state index contributed by atoms with van der Waals surface area (Å²) >= 11 is 5.91. The quantitative estimate of drug-likeness (QED) is 0.462. The molecule has 6 nitrogen and oxygen atoms in total. The standard InChI is InChI=1S/C22H19ClN4O2/c1-14-7-12-19-25-20(17-5-3-4-6-18(17)29-2)21(27(19)13-14)26-22(28)24-16-10-8-15(23)9-11-16/h3-13H,1-2H3,(H2,24,26,28). The predicted molar refractivity (Wildman–Crippen MR) is 116 cm³/mol. The number of halogens is 1. The van der Waals surface area contributed by atoms with Gasteiger partial charge in [-0.2, -0.15) is 0 Å². The molecule has 0 saturated carbocycles. The molecule has 4 aromatic rings. The minimum atomic E-state index is -0.383. The number of anilines is 2. The number of ether oxygens (including phenoxy) is 1. The molecule has 2 amide bonds. The number of rotatable bonds is 4. The van der Waals surface area contributed by atoms with E-state index in [-0.39, 0.29) is 6.03 Å². The van der Waals surface area contributed by atoms with Crippen LogP contribution in [-0.2, 0) is 0 Å². The van der Waals surface area contributed by atoms with Gasteiger partial charge < -0.3 is 10.1 Å². The molecule has 2 N–H and O–H groups in total. The van der Waals surface area contributed by atoms with Gasteiger partial charge in [-0.25, -0.2) is 9.78 Å². The lowest BCUT2D eigenvalue weighted by Crippen LogP contribution is -2.20. The van der Waals surface area contributed by atoms with E-state index < -0.39 is 0 Å². The molecule has 0 radical (unpaired) electrons. The molecule has 0 spiro atoms. The number of para-hydroxylation sites is 1. The predicted octanol–water partition coefficient (Wildman–Crippen LogP) is 5.62. The highest BCUT2D eigenvalue weighted by Crippen LogP contribution is 2.35. The van der Waals surface area contributed by atoms with E-state index in [2.05, 4.69) is 10.6 Å². The van der Waals surface area contributed by atoms with Crippen molar-refractivity contribution >= 4 is 34.8 Å². The second kappa shape index (κ2) is 7.85. The molecule has 2 aromatic heterocycles. The minimum Gasteiger partial charge on any atom is -0.496 e. The largest absolute Gasteiger partial charge is 0.496 e. The molecule has 0 aliphatic rings. The Balaban J connectivity index is 1.76. The molecule has 2 heterocycles. The lowest BCUT2D eigenvalue weighted by atomic mass is 10.1. The average Bonchev–Trinajstić information content (AvgIpc) is 3.07. The SMILES string of the molecule is COc1ccccc1-c1nc2ccc(C)cn2c1NC(=O)Nc1ccc(Cl)cc1. The maximum atomic E-state index is 12.7. The molecule has 4 rings (SSSR count). The fraction of sp³-hybridized carbons (Fsp3) is 0.0909. The lowest BCUT2D eigenvalue weighted by Gasteiger charge is -2.11. The van der Waals surface area contributed by atoms with Crippen molar-refractivity contribution in [2.75, 3.05) is 17.7 Å². The van der Waals surface area contributed by atoms with Gasteiger partial charge in [0.25, 0.3) is 0 Å². The Morgan fingerprint density at radius 2 is 1.79 bits per heavy atom. The number of urea groups is 1. The third-order valence-corrected chi connectivity index (χ3v) is 4.71. The fourth-order valence-electron chi connectivity index (χ4n) is 3.10. The highest BCUT2D eigenvalue weighted by molar-refractivity contribution is 6.30. The van der Waals surface area contributed by atoms with Crippen LogP contribution in [0.1, 0.15) is 5.56 Å². The van der Waals surface area contributed by atoms with Crippen molar-refractivity contribution in [3.8, 4) is 17.0 Å². The topological polar surface area (TPSA) is 67.7 Å². The zero-order valence-electron chi connectivity index (χ0n) is 15.9. The fourth-order valence-corrected chi connectivity index (χ4v) is 3.23. The molecular weight excluding hydrogens is 388 g/mol. The van der Waals surface area contributed by atoms with Gasteiger partial charge in [-0.3, -0.25) is 9.72 Å². The molecule has 29 heavy (non-hydrogen) atoms. The van der Waals surface area contributed by atoms with Gasteiger partial charge in [0.2, 0.25) is 0 Å². The highest BCUT2D eigenvalue weighted by atomic mass is 35.5. The summed E-state index contributed by atoms with van der Waals surface area (Å²) in [6.07, 6.45) is 1.93. The average molecular weight is 407 g/mol. The number of carbonyl (C=O) groups excluding carboxylic acids is 1. The molecule has 0 atom stereocenters. The van der Waals surface area contributed by atoms with E-state index in [1.807, 2.05) is 53.9 Å². The number of imidazole rings is 1. The summed E-state index contributed by atoms with van der Waals surface area (Å²) in [5.41, 5.74) is 3.81. The van der Waals surface area contributed by atoms with Crippen LogP contribution in [0.3, 0.4) is 0 Å². The van der Waals surface area contributed by atoms with Crippen molar-refractivity contribution in [2.45, 2.75) is 6.92 Å². The van der Waals surface area contributed by atoms with Crippen molar-refractivity contribution in [1.29, 1.82) is 0 Å². The third-order valence-electron chi connectivity index (χ3n) is 4.46. The van der Waals surface area contributed by atoms with Crippen molar-refractivity contribution < 1.29 is 9.53 Å². The number of carbonyl (C=O) groups is 1.